The summed E-state index contributed by atoms with van der Waals surface area (Å²) in [4.78, 5) is 10.8. The van der Waals surface area contributed by atoms with Gasteiger partial charge in [-0.15, -0.1) is 0 Å². The maximum Gasteiger partial charge on any atom is 0.420 e. The minimum absolute atomic E-state index is 0.625. The van der Waals surface area contributed by atoms with Crippen molar-refractivity contribution in [2.24, 2.45) is 0 Å². The molecule has 1 aromatic carbocycles. The lowest BCUT2D eigenvalue weighted by atomic mass is 10.2. The lowest BCUT2D eigenvalue weighted by molar-refractivity contribution is -0.138. The van der Waals surface area contributed by atoms with Gasteiger partial charge in [-0.05, 0) is 12.1 Å². The molecule has 0 heterocycles. The zero-order valence-electron chi connectivity index (χ0n) is 9.08. The Kier molecular flexibility index (Phi) is 4.54. The van der Waals surface area contributed by atoms with Crippen molar-refractivity contribution < 1.29 is 26.4 Å². The van der Waals surface area contributed by atoms with E-state index in [1.165, 1.54) is 19.2 Å². The van der Waals surface area contributed by atoms with Gasteiger partial charge >= 0.3 is 23.5 Å². The van der Waals surface area contributed by atoms with Crippen LogP contribution in [-0.2, 0) is 17.4 Å². The van der Waals surface area contributed by atoms with E-state index in [0.717, 1.165) is 12.1 Å². The van der Waals surface area contributed by atoms with Gasteiger partial charge in [0.25, 0.3) is 0 Å². The largest absolute Gasteiger partial charge is 0.420 e. The molecule has 9 heteroatoms. The SMILES string of the molecule is CNC(=O)NS(=O)Oc1ccccc1C(F)(F)F. The molecule has 0 saturated carbocycles. The Hall–Kier alpha value is -1.77. The molecule has 0 bridgehead atoms. The molecule has 100 valence electrons. The van der Waals surface area contributed by atoms with Crippen LogP contribution in [-0.4, -0.2) is 17.3 Å². The maximum atomic E-state index is 12.5. The van der Waals surface area contributed by atoms with E-state index in [9.17, 15) is 22.2 Å². The van der Waals surface area contributed by atoms with Gasteiger partial charge in [-0.3, -0.25) is 0 Å². The Morgan fingerprint density at radius 1 is 1.33 bits per heavy atom. The fourth-order valence-electron chi connectivity index (χ4n) is 1.00. The molecule has 0 saturated heterocycles. The third-order valence-electron chi connectivity index (χ3n) is 1.76. The van der Waals surface area contributed by atoms with Crippen LogP contribution in [0, 0.1) is 0 Å². The molecule has 1 atom stereocenters. The van der Waals surface area contributed by atoms with Crippen molar-refractivity contribution >= 4 is 17.3 Å². The number of hydrogen-bond donors (Lipinski definition) is 2. The number of hydrogen-bond acceptors (Lipinski definition) is 3. The van der Waals surface area contributed by atoms with Crippen molar-refractivity contribution in [1.82, 2.24) is 10.0 Å². The van der Waals surface area contributed by atoms with Gasteiger partial charge in [0.15, 0.2) is 5.75 Å². The van der Waals surface area contributed by atoms with Crippen LogP contribution >= 0.6 is 0 Å². The highest BCUT2D eigenvalue weighted by Crippen LogP contribution is 2.35. The second kappa shape index (κ2) is 5.71. The molecule has 0 aromatic heterocycles. The van der Waals surface area contributed by atoms with Crippen LogP contribution in [0.2, 0.25) is 0 Å². The number of urea groups is 1. The molecule has 0 aliphatic heterocycles. The van der Waals surface area contributed by atoms with Crippen molar-refractivity contribution in [3.8, 4) is 5.75 Å². The Bertz CT molecular complexity index is 465. The van der Waals surface area contributed by atoms with Crippen LogP contribution < -0.4 is 14.2 Å². The van der Waals surface area contributed by atoms with Crippen LogP contribution in [0.15, 0.2) is 24.3 Å². The molecule has 0 spiro atoms. The van der Waals surface area contributed by atoms with Crippen molar-refractivity contribution in [3.63, 3.8) is 0 Å². The lowest BCUT2D eigenvalue weighted by Crippen LogP contribution is -2.36. The predicted molar refractivity (Wildman–Crippen MR) is 57.8 cm³/mol. The Balaban J connectivity index is 2.85. The molecule has 18 heavy (non-hydrogen) atoms. The highest BCUT2D eigenvalue weighted by Gasteiger charge is 2.34. The first-order valence-electron chi connectivity index (χ1n) is 4.59. The topological polar surface area (TPSA) is 67.4 Å². The predicted octanol–water partition coefficient (Wildman–Crippen LogP) is 1.59. The fraction of sp³-hybridized carbons (Fsp3) is 0.222. The smallest absolute Gasteiger partial charge is 0.384 e. The van der Waals surface area contributed by atoms with Gasteiger partial charge in [-0.1, -0.05) is 12.1 Å². The summed E-state index contributed by atoms with van der Waals surface area (Å²) in [5, 5.41) is 2.08. The summed E-state index contributed by atoms with van der Waals surface area (Å²) in [7, 11) is 1.26. The summed E-state index contributed by atoms with van der Waals surface area (Å²) in [5.41, 5.74) is -1.07. The molecule has 1 rings (SSSR count). The van der Waals surface area contributed by atoms with E-state index in [0.29, 0.717) is 0 Å². The van der Waals surface area contributed by atoms with Gasteiger partial charge < -0.3 is 9.50 Å². The molecular weight excluding hydrogens is 273 g/mol. The number of para-hydroxylation sites is 1. The molecule has 2 amide bonds. The van der Waals surface area contributed by atoms with Crippen molar-refractivity contribution in [3.05, 3.63) is 29.8 Å². The molecule has 1 aromatic rings. The van der Waals surface area contributed by atoms with E-state index < -0.39 is 34.8 Å². The van der Waals surface area contributed by atoms with E-state index in [2.05, 4.69) is 9.50 Å². The van der Waals surface area contributed by atoms with Crippen LogP contribution in [0.5, 0.6) is 5.75 Å². The van der Waals surface area contributed by atoms with Gasteiger partial charge in [-0.25, -0.2) is 9.52 Å². The molecule has 5 nitrogen and oxygen atoms in total. The fourth-order valence-corrected chi connectivity index (χ4v) is 1.61. The van der Waals surface area contributed by atoms with E-state index >= 15 is 0 Å². The molecule has 0 aliphatic carbocycles. The van der Waals surface area contributed by atoms with Crippen molar-refractivity contribution in [2.75, 3.05) is 7.05 Å². The maximum absolute atomic E-state index is 12.5. The third kappa shape index (κ3) is 3.91. The van der Waals surface area contributed by atoms with Gasteiger partial charge in [0.2, 0.25) is 0 Å². The molecule has 0 fully saturated rings. The summed E-state index contributed by atoms with van der Waals surface area (Å²) in [6, 6.07) is 3.42. The van der Waals surface area contributed by atoms with E-state index in [1.54, 1.807) is 4.72 Å². The zero-order chi connectivity index (χ0) is 13.8. The second-order valence-corrected chi connectivity index (χ2v) is 3.83. The Labute approximate surface area is 103 Å². The molecule has 0 aliphatic rings. The normalized spacial score (nSPS) is 12.7. The lowest BCUT2D eigenvalue weighted by Gasteiger charge is -2.12. The van der Waals surface area contributed by atoms with Gasteiger partial charge in [0.1, 0.15) is 0 Å². The summed E-state index contributed by atoms with van der Waals surface area (Å²) in [6.45, 7) is 0. The number of amides is 2. The van der Waals surface area contributed by atoms with Crippen LogP contribution in [0.3, 0.4) is 0 Å². The monoisotopic (exact) mass is 282 g/mol. The number of benzene rings is 1. The van der Waals surface area contributed by atoms with Crippen LogP contribution in [0.1, 0.15) is 5.56 Å². The third-order valence-corrected chi connectivity index (χ3v) is 2.44. The number of halogens is 3. The number of carbonyl (C=O) groups is 1. The van der Waals surface area contributed by atoms with Crippen LogP contribution in [0.25, 0.3) is 0 Å². The van der Waals surface area contributed by atoms with Crippen molar-refractivity contribution in [1.29, 1.82) is 0 Å². The Morgan fingerprint density at radius 3 is 2.50 bits per heavy atom. The van der Waals surface area contributed by atoms with Gasteiger partial charge in [0.05, 0.1) is 5.56 Å². The van der Waals surface area contributed by atoms with Gasteiger partial charge in [-0.2, -0.15) is 17.4 Å². The number of nitrogens with one attached hydrogen (secondary N) is 2. The Morgan fingerprint density at radius 2 is 1.94 bits per heavy atom. The summed E-state index contributed by atoms with van der Waals surface area (Å²) >= 11 is -2.41. The van der Waals surface area contributed by atoms with E-state index in [-0.39, 0.29) is 0 Å². The number of carbonyl (C=O) groups excluding carboxylic acids is 1. The minimum Gasteiger partial charge on any atom is -0.384 e. The molecule has 2 N–H and O–H groups in total. The highest BCUT2D eigenvalue weighted by molar-refractivity contribution is 7.79. The second-order valence-electron chi connectivity index (χ2n) is 2.99. The van der Waals surface area contributed by atoms with Gasteiger partial charge in [0, 0.05) is 7.05 Å². The zero-order valence-corrected chi connectivity index (χ0v) is 9.89. The first-order valence-corrected chi connectivity index (χ1v) is 5.66. The van der Waals surface area contributed by atoms with Crippen LogP contribution in [0.4, 0.5) is 18.0 Å². The first kappa shape index (κ1) is 14.3. The van der Waals surface area contributed by atoms with E-state index in [4.69, 9.17) is 0 Å². The molecule has 1 unspecified atom stereocenters. The average molecular weight is 282 g/mol. The molecular formula is C9H9F3N2O3S. The number of alkyl halides is 3. The first-order chi connectivity index (χ1) is 8.34. The summed E-state index contributed by atoms with van der Waals surface area (Å²) in [5.74, 6) is -0.625. The van der Waals surface area contributed by atoms with E-state index in [1.807, 2.05) is 0 Å². The highest BCUT2D eigenvalue weighted by atomic mass is 32.2. The molecule has 0 radical (unpaired) electrons. The minimum atomic E-state index is -4.63. The standard InChI is InChI=1S/C9H9F3N2O3S/c1-13-8(15)14-18(16)17-7-5-3-2-4-6(7)9(10,11)12/h2-5H,1H3,(H2,13,14,15). The quantitative estimate of drug-likeness (QED) is 0.884. The number of rotatable bonds is 3. The van der Waals surface area contributed by atoms with Crippen molar-refractivity contribution in [2.45, 2.75) is 6.18 Å². The average Bonchev–Trinajstić information content (AvgIpc) is 2.27. The summed E-state index contributed by atoms with van der Waals surface area (Å²) in [6.07, 6.45) is -4.63. The summed E-state index contributed by atoms with van der Waals surface area (Å²) < 4.78 is 55.2.